The number of amides is 2. The molecule has 172 valence electrons. The van der Waals surface area contributed by atoms with Gasteiger partial charge in [-0.15, -0.1) is 11.3 Å². The van der Waals surface area contributed by atoms with E-state index in [4.69, 9.17) is 5.11 Å². The highest BCUT2D eigenvalue weighted by atomic mass is 32.2. The van der Waals surface area contributed by atoms with Crippen molar-refractivity contribution in [3.8, 4) is 0 Å². The van der Waals surface area contributed by atoms with Crippen LogP contribution in [0, 0.1) is 12.8 Å². The number of carboxylic acids is 1. The van der Waals surface area contributed by atoms with Gasteiger partial charge in [-0.05, 0) is 31.9 Å². The molecule has 0 unspecified atom stereocenters. The second kappa shape index (κ2) is 10.2. The molecule has 0 radical (unpaired) electrons. The fraction of sp³-hybridized carbons (Fsp3) is 0.318. The van der Waals surface area contributed by atoms with Gasteiger partial charge in [0, 0.05) is 22.6 Å². The minimum Gasteiger partial charge on any atom is -0.477 e. The van der Waals surface area contributed by atoms with E-state index >= 15 is 0 Å². The van der Waals surface area contributed by atoms with Crippen LogP contribution in [0.5, 0.6) is 0 Å². The van der Waals surface area contributed by atoms with E-state index in [2.05, 4.69) is 25.6 Å². The summed E-state index contributed by atoms with van der Waals surface area (Å²) < 4.78 is 0. The number of carbonyl (C=O) groups excluding carboxylic acids is 2. The molecule has 3 aromatic rings. The standard InChI is InChI=1S/C22H23N5O4S2/c1-12-6-7-16(15(8-12)18(28)13-4-2-3-5-13)25-20(31)27-22-24-14(11-33-22)10-32-21-23-9-17(26-21)19(29)30/h6-9,11,13H,2-5,10H2,1H3,(H,23,26)(H,29,30)(H2,24,25,27,31). The maximum atomic E-state index is 13.0. The van der Waals surface area contributed by atoms with E-state index in [1.165, 1.54) is 29.3 Å². The highest BCUT2D eigenvalue weighted by Gasteiger charge is 2.26. The summed E-state index contributed by atoms with van der Waals surface area (Å²) >= 11 is 2.59. The number of aromatic amines is 1. The van der Waals surface area contributed by atoms with Gasteiger partial charge in [0.1, 0.15) is 5.69 Å². The minimum atomic E-state index is -1.07. The SMILES string of the molecule is Cc1ccc(NC(=O)Nc2nc(CSc3ncc(C(=O)O)[nH]3)cs2)c(C(=O)C2CCCC2)c1. The number of hydrogen-bond donors (Lipinski definition) is 4. The Morgan fingerprint density at radius 2 is 2.03 bits per heavy atom. The topological polar surface area (TPSA) is 137 Å². The number of thiazole rings is 1. The summed E-state index contributed by atoms with van der Waals surface area (Å²) in [7, 11) is 0. The quantitative estimate of drug-likeness (QED) is 0.255. The van der Waals surface area contributed by atoms with Crippen molar-refractivity contribution in [2.24, 2.45) is 5.92 Å². The lowest BCUT2D eigenvalue weighted by molar-refractivity contribution is 0.0690. The van der Waals surface area contributed by atoms with Gasteiger partial charge in [-0.25, -0.2) is 19.6 Å². The Hall–Kier alpha value is -3.18. The molecule has 0 bridgehead atoms. The number of thioether (sulfide) groups is 1. The summed E-state index contributed by atoms with van der Waals surface area (Å²) in [5.41, 5.74) is 2.76. The van der Waals surface area contributed by atoms with Gasteiger partial charge in [0.25, 0.3) is 0 Å². The molecule has 9 nitrogen and oxygen atoms in total. The predicted molar refractivity (Wildman–Crippen MR) is 127 cm³/mol. The fourth-order valence-electron chi connectivity index (χ4n) is 3.69. The Morgan fingerprint density at radius 1 is 1.24 bits per heavy atom. The number of imidazole rings is 1. The zero-order valence-corrected chi connectivity index (χ0v) is 19.5. The van der Waals surface area contributed by atoms with Gasteiger partial charge in [0.05, 0.1) is 17.6 Å². The van der Waals surface area contributed by atoms with Crippen molar-refractivity contribution in [2.45, 2.75) is 43.5 Å². The molecule has 0 spiro atoms. The highest BCUT2D eigenvalue weighted by molar-refractivity contribution is 7.98. The molecular weight excluding hydrogens is 462 g/mol. The lowest BCUT2D eigenvalue weighted by Crippen LogP contribution is -2.22. The van der Waals surface area contributed by atoms with Crippen LogP contribution in [0.3, 0.4) is 0 Å². The summed E-state index contributed by atoms with van der Waals surface area (Å²) in [5.74, 6) is -0.494. The number of aromatic nitrogens is 3. The number of Topliss-reactive ketones (excluding diaryl/α,β-unsaturated/α-hetero) is 1. The molecule has 0 atom stereocenters. The number of rotatable bonds is 8. The lowest BCUT2D eigenvalue weighted by atomic mass is 9.94. The van der Waals surface area contributed by atoms with Gasteiger partial charge in [-0.2, -0.15) is 0 Å². The molecule has 2 aromatic heterocycles. The van der Waals surface area contributed by atoms with Crippen LogP contribution < -0.4 is 10.6 Å². The minimum absolute atomic E-state index is 0.0233. The van der Waals surface area contributed by atoms with Crippen molar-refractivity contribution in [1.29, 1.82) is 0 Å². The number of anilines is 2. The molecule has 0 saturated heterocycles. The van der Waals surface area contributed by atoms with E-state index in [0.29, 0.717) is 27.3 Å². The maximum Gasteiger partial charge on any atom is 0.353 e. The van der Waals surface area contributed by atoms with Gasteiger partial charge >= 0.3 is 12.0 Å². The Morgan fingerprint density at radius 3 is 2.76 bits per heavy atom. The number of carboxylic acid groups (broad SMARTS) is 1. The summed E-state index contributed by atoms with van der Waals surface area (Å²) in [6.45, 7) is 1.93. The molecular formula is C22H23N5O4S2. The van der Waals surface area contributed by atoms with E-state index in [9.17, 15) is 14.4 Å². The summed E-state index contributed by atoms with van der Waals surface area (Å²) in [6.07, 6.45) is 5.19. The molecule has 1 aromatic carbocycles. The van der Waals surface area contributed by atoms with Crippen LogP contribution in [-0.4, -0.2) is 37.8 Å². The van der Waals surface area contributed by atoms with Crippen molar-refractivity contribution < 1.29 is 19.5 Å². The molecule has 2 amide bonds. The molecule has 2 heterocycles. The average Bonchev–Trinajstić information content (AvgIpc) is 3.55. The third kappa shape index (κ3) is 5.79. The second-order valence-electron chi connectivity index (χ2n) is 7.81. The highest BCUT2D eigenvalue weighted by Crippen LogP contribution is 2.31. The van der Waals surface area contributed by atoms with Crippen LogP contribution in [0.25, 0.3) is 0 Å². The van der Waals surface area contributed by atoms with Crippen molar-refractivity contribution in [1.82, 2.24) is 15.0 Å². The van der Waals surface area contributed by atoms with Gasteiger partial charge in [-0.1, -0.05) is 36.2 Å². The molecule has 1 saturated carbocycles. The van der Waals surface area contributed by atoms with E-state index < -0.39 is 12.0 Å². The number of aromatic carboxylic acids is 1. The van der Waals surface area contributed by atoms with E-state index in [1.807, 2.05) is 24.4 Å². The zero-order valence-electron chi connectivity index (χ0n) is 17.9. The smallest absolute Gasteiger partial charge is 0.353 e. The summed E-state index contributed by atoms with van der Waals surface area (Å²) in [6, 6.07) is 4.99. The number of nitrogens with zero attached hydrogens (tertiary/aromatic N) is 2. The number of hydrogen-bond acceptors (Lipinski definition) is 7. The normalized spacial score (nSPS) is 13.7. The number of benzene rings is 1. The molecule has 1 aliphatic carbocycles. The van der Waals surface area contributed by atoms with Crippen LogP contribution in [-0.2, 0) is 5.75 Å². The Balaban J connectivity index is 1.36. The molecule has 11 heteroatoms. The monoisotopic (exact) mass is 485 g/mol. The van der Waals surface area contributed by atoms with Gasteiger partial charge in [-0.3, -0.25) is 10.1 Å². The van der Waals surface area contributed by atoms with Crippen molar-refractivity contribution in [3.05, 3.63) is 52.3 Å². The largest absolute Gasteiger partial charge is 0.477 e. The van der Waals surface area contributed by atoms with Crippen molar-refractivity contribution in [2.75, 3.05) is 10.6 Å². The maximum absolute atomic E-state index is 13.0. The first-order chi connectivity index (χ1) is 15.9. The number of H-pyrrole nitrogens is 1. The predicted octanol–water partition coefficient (Wildman–Crippen LogP) is 5.18. The molecule has 4 N–H and O–H groups in total. The Labute approximate surface area is 198 Å². The first kappa shape index (κ1) is 23.0. The molecule has 1 aliphatic rings. The van der Waals surface area contributed by atoms with E-state index in [-0.39, 0.29) is 17.4 Å². The number of aryl methyl sites for hydroxylation is 1. The third-order valence-electron chi connectivity index (χ3n) is 5.33. The van der Waals surface area contributed by atoms with Crippen molar-refractivity contribution >= 4 is 51.7 Å². The first-order valence-electron chi connectivity index (χ1n) is 10.5. The lowest BCUT2D eigenvalue weighted by Gasteiger charge is -2.14. The molecule has 4 rings (SSSR count). The number of nitrogens with one attached hydrogen (secondary N) is 3. The zero-order chi connectivity index (χ0) is 23.4. The second-order valence-corrected chi connectivity index (χ2v) is 9.64. The van der Waals surface area contributed by atoms with Crippen molar-refractivity contribution in [3.63, 3.8) is 0 Å². The van der Waals surface area contributed by atoms with Crippen LogP contribution in [0.2, 0.25) is 0 Å². The molecule has 1 fully saturated rings. The fourth-order valence-corrected chi connectivity index (χ4v) is 5.24. The average molecular weight is 486 g/mol. The van der Waals surface area contributed by atoms with Gasteiger partial charge in [0.15, 0.2) is 16.1 Å². The van der Waals surface area contributed by atoms with Crippen LogP contribution in [0.1, 0.15) is 57.8 Å². The van der Waals surface area contributed by atoms with Crippen LogP contribution in [0.15, 0.2) is 34.9 Å². The summed E-state index contributed by atoms with van der Waals surface area (Å²) in [5, 5.41) is 17.2. The Kier molecular flexibility index (Phi) is 7.09. The summed E-state index contributed by atoms with van der Waals surface area (Å²) in [4.78, 5) is 47.6. The van der Waals surface area contributed by atoms with E-state index in [0.717, 1.165) is 36.9 Å². The van der Waals surface area contributed by atoms with Gasteiger partial charge < -0.3 is 15.4 Å². The third-order valence-corrected chi connectivity index (χ3v) is 7.05. The van der Waals surface area contributed by atoms with Crippen LogP contribution >= 0.6 is 23.1 Å². The van der Waals surface area contributed by atoms with Gasteiger partial charge in [0.2, 0.25) is 0 Å². The number of urea groups is 1. The molecule has 33 heavy (non-hydrogen) atoms. The van der Waals surface area contributed by atoms with Crippen LogP contribution in [0.4, 0.5) is 15.6 Å². The Bertz CT molecular complexity index is 1180. The van der Waals surface area contributed by atoms with E-state index in [1.54, 1.807) is 6.07 Å². The molecule has 0 aliphatic heterocycles. The number of carbonyl (C=O) groups is 3. The first-order valence-corrected chi connectivity index (χ1v) is 12.3. The number of ketones is 1.